The minimum Gasteiger partial charge on any atom is -0.482 e. The molecule has 33 heavy (non-hydrogen) atoms. The first kappa shape index (κ1) is 23.7. The van der Waals surface area contributed by atoms with Gasteiger partial charge in [0.2, 0.25) is 5.91 Å². The summed E-state index contributed by atoms with van der Waals surface area (Å²) in [6.45, 7) is -0.447. The highest BCUT2D eigenvalue weighted by molar-refractivity contribution is 7.13. The van der Waals surface area contributed by atoms with Crippen LogP contribution in [0.4, 0.5) is 24.0 Å². The molecule has 0 aliphatic heterocycles. The van der Waals surface area contributed by atoms with Gasteiger partial charge in [0.25, 0.3) is 0 Å². The molecule has 0 spiro atoms. The molecule has 3 N–H and O–H groups in total. The summed E-state index contributed by atoms with van der Waals surface area (Å²) in [5.74, 6) is -1.12. The number of thiazole rings is 1. The minimum atomic E-state index is -4.44. The summed E-state index contributed by atoms with van der Waals surface area (Å²) in [4.78, 5) is 26.7. The molecule has 0 radical (unpaired) electrons. The van der Waals surface area contributed by atoms with Crippen molar-refractivity contribution < 1.29 is 32.6 Å². The lowest BCUT2D eigenvalue weighted by Crippen LogP contribution is -2.19. The number of halogens is 3. The molecular weight excluding hydrogens is 461 g/mol. The molecular formula is C21H17F3N4O4S. The molecule has 1 amide bonds. The number of alkyl halides is 3. The number of benzene rings is 2. The van der Waals surface area contributed by atoms with E-state index in [2.05, 4.69) is 20.8 Å². The van der Waals surface area contributed by atoms with Crippen molar-refractivity contribution in [1.82, 2.24) is 10.4 Å². The van der Waals surface area contributed by atoms with Crippen molar-refractivity contribution in [2.75, 3.05) is 11.9 Å². The Morgan fingerprint density at radius 1 is 1.18 bits per heavy atom. The van der Waals surface area contributed by atoms with Gasteiger partial charge in [-0.25, -0.2) is 15.2 Å². The number of anilines is 2. The van der Waals surface area contributed by atoms with Crippen LogP contribution in [0.15, 0.2) is 59.0 Å². The van der Waals surface area contributed by atoms with Gasteiger partial charge in [-0.1, -0.05) is 6.07 Å². The summed E-state index contributed by atoms with van der Waals surface area (Å²) in [5, 5.41) is 17.2. The summed E-state index contributed by atoms with van der Waals surface area (Å²) >= 11 is 1.16. The summed E-state index contributed by atoms with van der Waals surface area (Å²) < 4.78 is 43.5. The van der Waals surface area contributed by atoms with E-state index >= 15 is 0 Å². The first-order valence-corrected chi connectivity index (χ1v) is 10.2. The summed E-state index contributed by atoms with van der Waals surface area (Å²) in [6.07, 6.45) is -3.11. The van der Waals surface area contributed by atoms with Gasteiger partial charge in [0.05, 0.1) is 23.9 Å². The number of aliphatic carboxylic acids is 1. The van der Waals surface area contributed by atoms with E-state index in [4.69, 9.17) is 9.84 Å². The van der Waals surface area contributed by atoms with Gasteiger partial charge in [0.1, 0.15) is 5.75 Å². The second-order valence-electron chi connectivity index (χ2n) is 6.57. The Kier molecular flexibility index (Phi) is 7.61. The molecule has 1 heterocycles. The zero-order valence-electron chi connectivity index (χ0n) is 16.8. The third-order valence-electron chi connectivity index (χ3n) is 3.98. The molecule has 8 nitrogen and oxygen atoms in total. The summed E-state index contributed by atoms with van der Waals surface area (Å²) in [7, 11) is 0. The summed E-state index contributed by atoms with van der Waals surface area (Å²) in [6, 6.07) is 11.2. The van der Waals surface area contributed by atoms with Crippen molar-refractivity contribution in [2.24, 2.45) is 5.10 Å². The maximum atomic E-state index is 12.8. The van der Waals surface area contributed by atoms with Gasteiger partial charge in [0.15, 0.2) is 11.7 Å². The van der Waals surface area contributed by atoms with E-state index in [1.54, 1.807) is 29.6 Å². The topological polar surface area (TPSA) is 113 Å². The summed E-state index contributed by atoms with van der Waals surface area (Å²) in [5.41, 5.74) is 2.90. The van der Waals surface area contributed by atoms with Crippen LogP contribution < -0.4 is 15.5 Å². The van der Waals surface area contributed by atoms with E-state index in [1.165, 1.54) is 18.3 Å². The largest absolute Gasteiger partial charge is 0.482 e. The van der Waals surface area contributed by atoms with Crippen LogP contribution in [0.25, 0.3) is 0 Å². The first-order valence-electron chi connectivity index (χ1n) is 9.34. The number of nitrogens with one attached hydrogen (secondary N) is 2. The fourth-order valence-electron chi connectivity index (χ4n) is 2.52. The molecule has 0 aliphatic rings. The SMILES string of the molecule is O=C(O)COc1ccc(/C=N\NC(=O)Cc2csc(Nc3cccc(C(F)(F)F)c3)n2)cc1. The van der Waals surface area contributed by atoms with Gasteiger partial charge in [-0.2, -0.15) is 18.3 Å². The molecule has 1 aromatic heterocycles. The molecule has 0 atom stereocenters. The van der Waals surface area contributed by atoms with Crippen molar-refractivity contribution in [3.05, 3.63) is 70.7 Å². The lowest BCUT2D eigenvalue weighted by atomic mass is 10.2. The van der Waals surface area contributed by atoms with E-state index in [1.807, 2.05) is 0 Å². The van der Waals surface area contributed by atoms with Crippen molar-refractivity contribution in [3.63, 3.8) is 0 Å². The number of rotatable bonds is 9. The van der Waals surface area contributed by atoms with Crippen molar-refractivity contribution >= 4 is 40.2 Å². The van der Waals surface area contributed by atoms with Gasteiger partial charge < -0.3 is 15.2 Å². The number of carbonyl (C=O) groups excluding carboxylic acids is 1. The lowest BCUT2D eigenvalue weighted by Gasteiger charge is -2.08. The number of hydrogen-bond donors (Lipinski definition) is 3. The van der Waals surface area contributed by atoms with Gasteiger partial charge in [0, 0.05) is 11.1 Å². The number of hydrogen-bond acceptors (Lipinski definition) is 7. The van der Waals surface area contributed by atoms with Gasteiger partial charge in [-0.3, -0.25) is 4.79 Å². The molecule has 0 fully saturated rings. The van der Waals surface area contributed by atoms with Crippen LogP contribution in [0.1, 0.15) is 16.8 Å². The highest BCUT2D eigenvalue weighted by Gasteiger charge is 2.30. The molecule has 0 saturated heterocycles. The third kappa shape index (κ3) is 7.61. The third-order valence-corrected chi connectivity index (χ3v) is 4.79. The molecule has 0 aliphatic carbocycles. The molecule has 0 unspecified atom stereocenters. The average Bonchev–Trinajstić information content (AvgIpc) is 3.19. The second kappa shape index (κ2) is 10.6. The Labute approximate surface area is 189 Å². The molecule has 2 aromatic carbocycles. The number of hydrazone groups is 1. The Balaban J connectivity index is 1.49. The van der Waals surface area contributed by atoms with E-state index in [-0.39, 0.29) is 12.1 Å². The molecule has 3 aromatic rings. The van der Waals surface area contributed by atoms with Crippen molar-refractivity contribution in [3.8, 4) is 5.75 Å². The highest BCUT2D eigenvalue weighted by Crippen LogP contribution is 2.31. The maximum absolute atomic E-state index is 12.8. The molecule has 3 rings (SSSR count). The van der Waals surface area contributed by atoms with Crippen LogP contribution in [0.3, 0.4) is 0 Å². The zero-order chi connectivity index (χ0) is 23.8. The lowest BCUT2D eigenvalue weighted by molar-refractivity contribution is -0.139. The smallest absolute Gasteiger partial charge is 0.416 e. The van der Waals surface area contributed by atoms with E-state index in [0.29, 0.717) is 22.1 Å². The number of nitrogens with zero attached hydrogens (tertiary/aromatic N) is 2. The Morgan fingerprint density at radius 2 is 1.94 bits per heavy atom. The average molecular weight is 478 g/mol. The van der Waals surface area contributed by atoms with Gasteiger partial charge >= 0.3 is 12.1 Å². The Hall–Kier alpha value is -3.93. The standard InChI is InChI=1S/C21H17F3N4O4S/c22-21(23,24)14-2-1-3-15(8-14)26-20-27-16(12-33-20)9-18(29)28-25-10-13-4-6-17(7-5-13)32-11-19(30)31/h1-8,10,12H,9,11H2,(H,26,27)(H,28,29)(H,30,31)/b25-10-. The molecule has 172 valence electrons. The molecule has 0 saturated carbocycles. The van der Waals surface area contributed by atoms with Crippen LogP contribution in [0.2, 0.25) is 0 Å². The van der Waals surface area contributed by atoms with E-state index in [0.717, 1.165) is 23.5 Å². The maximum Gasteiger partial charge on any atom is 0.416 e. The second-order valence-corrected chi connectivity index (χ2v) is 7.43. The molecule has 12 heteroatoms. The number of carbonyl (C=O) groups is 2. The van der Waals surface area contributed by atoms with E-state index < -0.39 is 30.2 Å². The predicted octanol–water partition coefficient (Wildman–Crippen LogP) is 4.06. The Morgan fingerprint density at radius 3 is 2.64 bits per heavy atom. The minimum absolute atomic E-state index is 0.0694. The number of ether oxygens (including phenoxy) is 1. The van der Waals surface area contributed by atoms with Crippen LogP contribution in [-0.4, -0.2) is 34.8 Å². The quantitative estimate of drug-likeness (QED) is 0.316. The van der Waals surface area contributed by atoms with Crippen LogP contribution in [0, 0.1) is 0 Å². The van der Waals surface area contributed by atoms with E-state index in [9.17, 15) is 22.8 Å². The number of carboxylic acids is 1. The number of amides is 1. The first-order chi connectivity index (χ1) is 15.7. The fourth-order valence-corrected chi connectivity index (χ4v) is 3.25. The number of aromatic nitrogens is 1. The van der Waals surface area contributed by atoms with Gasteiger partial charge in [-0.05, 0) is 48.0 Å². The monoisotopic (exact) mass is 478 g/mol. The van der Waals surface area contributed by atoms with Crippen molar-refractivity contribution in [1.29, 1.82) is 0 Å². The highest BCUT2D eigenvalue weighted by atomic mass is 32.1. The fraction of sp³-hybridized carbons (Fsp3) is 0.143. The number of carboxylic acid groups (broad SMARTS) is 1. The van der Waals surface area contributed by atoms with Crippen LogP contribution in [0.5, 0.6) is 5.75 Å². The van der Waals surface area contributed by atoms with Crippen LogP contribution in [-0.2, 0) is 22.2 Å². The van der Waals surface area contributed by atoms with Crippen molar-refractivity contribution in [2.45, 2.75) is 12.6 Å². The molecule has 0 bridgehead atoms. The normalized spacial score (nSPS) is 11.4. The van der Waals surface area contributed by atoms with Crippen LogP contribution >= 0.6 is 11.3 Å². The zero-order valence-corrected chi connectivity index (χ0v) is 17.6. The van der Waals surface area contributed by atoms with Gasteiger partial charge in [-0.15, -0.1) is 11.3 Å². The Bertz CT molecular complexity index is 1150. The predicted molar refractivity (Wildman–Crippen MR) is 116 cm³/mol.